The molecule has 31 heavy (non-hydrogen) atoms. The molecule has 2 N–H and O–H groups in total. The van der Waals surface area contributed by atoms with E-state index < -0.39 is 5.97 Å². The molecular formula is C23H21NO6S. The normalized spacial score (nSPS) is 15.1. The number of benzene rings is 2. The number of anilines is 1. The Morgan fingerprint density at radius 2 is 1.68 bits per heavy atom. The number of methoxy groups -OCH3 is 3. The van der Waals surface area contributed by atoms with Crippen molar-refractivity contribution in [1.82, 2.24) is 0 Å². The molecule has 0 radical (unpaired) electrons. The van der Waals surface area contributed by atoms with Crippen LogP contribution in [0.15, 0.2) is 42.5 Å². The summed E-state index contributed by atoms with van der Waals surface area (Å²) >= 11 is 1.17. The van der Waals surface area contributed by atoms with Crippen LogP contribution in [0, 0.1) is 0 Å². The lowest BCUT2D eigenvalue weighted by molar-refractivity contribution is -0.116. The maximum atomic E-state index is 12.7. The van der Waals surface area contributed by atoms with Gasteiger partial charge in [0.25, 0.3) is 0 Å². The van der Waals surface area contributed by atoms with Gasteiger partial charge in [-0.25, -0.2) is 4.79 Å². The molecule has 0 aliphatic carbocycles. The van der Waals surface area contributed by atoms with E-state index in [2.05, 4.69) is 5.32 Å². The number of fused-ring (bicyclic) bond motifs is 1. The lowest BCUT2D eigenvalue weighted by Gasteiger charge is -2.26. The number of ether oxygens (including phenoxy) is 3. The molecule has 2 aromatic carbocycles. The van der Waals surface area contributed by atoms with E-state index in [1.807, 2.05) is 30.3 Å². The van der Waals surface area contributed by atoms with Gasteiger partial charge in [0.2, 0.25) is 5.91 Å². The van der Waals surface area contributed by atoms with Gasteiger partial charge in [-0.1, -0.05) is 30.3 Å². The Morgan fingerprint density at radius 1 is 1.03 bits per heavy atom. The molecule has 8 heteroatoms. The van der Waals surface area contributed by atoms with Crippen molar-refractivity contribution >= 4 is 28.9 Å². The van der Waals surface area contributed by atoms with Gasteiger partial charge in [0.05, 0.1) is 27.0 Å². The van der Waals surface area contributed by atoms with E-state index in [0.29, 0.717) is 28.5 Å². The summed E-state index contributed by atoms with van der Waals surface area (Å²) in [6.45, 7) is 0. The Morgan fingerprint density at radius 3 is 2.29 bits per heavy atom. The zero-order valence-electron chi connectivity index (χ0n) is 17.2. The minimum absolute atomic E-state index is 0.159. The van der Waals surface area contributed by atoms with E-state index in [1.165, 1.54) is 25.6 Å². The molecule has 0 fully saturated rings. The third-order valence-corrected chi connectivity index (χ3v) is 6.57. The number of hydrogen-bond donors (Lipinski definition) is 2. The summed E-state index contributed by atoms with van der Waals surface area (Å²) in [5.74, 6) is -0.0733. The molecule has 0 saturated carbocycles. The van der Waals surface area contributed by atoms with Crippen molar-refractivity contribution in [2.24, 2.45) is 0 Å². The maximum Gasteiger partial charge on any atom is 0.346 e. The molecule has 0 spiro atoms. The van der Waals surface area contributed by atoms with Crippen LogP contribution in [0.5, 0.6) is 17.2 Å². The van der Waals surface area contributed by atoms with Crippen molar-refractivity contribution in [2.75, 3.05) is 26.6 Å². The Bertz CT molecular complexity index is 1150. The van der Waals surface area contributed by atoms with E-state index in [1.54, 1.807) is 19.2 Å². The molecule has 4 rings (SSSR count). The quantitative estimate of drug-likeness (QED) is 0.582. The summed E-state index contributed by atoms with van der Waals surface area (Å²) < 4.78 is 16.4. The highest BCUT2D eigenvalue weighted by Gasteiger charge is 2.36. The number of aromatic carboxylic acids is 1. The first-order valence-corrected chi connectivity index (χ1v) is 10.3. The second-order valence-corrected chi connectivity index (χ2v) is 8.02. The summed E-state index contributed by atoms with van der Waals surface area (Å²) in [5, 5.41) is 12.8. The largest absolute Gasteiger partial charge is 0.496 e. The van der Waals surface area contributed by atoms with Crippen LogP contribution in [0.2, 0.25) is 0 Å². The molecule has 1 aliphatic rings. The number of carbonyl (C=O) groups excluding carboxylic acids is 1. The van der Waals surface area contributed by atoms with Crippen LogP contribution in [0.3, 0.4) is 0 Å². The molecule has 1 atom stereocenters. The highest BCUT2D eigenvalue weighted by molar-refractivity contribution is 7.15. The summed E-state index contributed by atoms with van der Waals surface area (Å²) in [6.07, 6.45) is 0.159. The fourth-order valence-electron chi connectivity index (χ4n) is 3.89. The molecule has 2 heterocycles. The lowest BCUT2D eigenvalue weighted by atomic mass is 9.88. The van der Waals surface area contributed by atoms with Gasteiger partial charge in [-0.05, 0) is 11.6 Å². The Kier molecular flexibility index (Phi) is 5.56. The second-order valence-electron chi connectivity index (χ2n) is 6.97. The first-order valence-electron chi connectivity index (χ1n) is 9.53. The van der Waals surface area contributed by atoms with Crippen LogP contribution in [0.4, 0.5) is 5.69 Å². The molecule has 160 valence electrons. The molecule has 1 amide bonds. The third-order valence-electron chi connectivity index (χ3n) is 5.27. The molecule has 0 unspecified atom stereocenters. The average molecular weight is 439 g/mol. The number of amides is 1. The number of rotatable bonds is 6. The van der Waals surface area contributed by atoms with Crippen molar-refractivity contribution in [3.63, 3.8) is 0 Å². The van der Waals surface area contributed by atoms with Crippen LogP contribution in [0.1, 0.15) is 32.5 Å². The van der Waals surface area contributed by atoms with E-state index in [9.17, 15) is 14.7 Å². The fraction of sp³-hybridized carbons (Fsp3) is 0.217. The minimum atomic E-state index is -1.04. The van der Waals surface area contributed by atoms with Gasteiger partial charge in [0, 0.05) is 34.4 Å². The number of hydrogen-bond acceptors (Lipinski definition) is 6. The Balaban J connectivity index is 1.96. The smallest absolute Gasteiger partial charge is 0.346 e. The van der Waals surface area contributed by atoms with Crippen molar-refractivity contribution in [3.05, 3.63) is 57.8 Å². The van der Waals surface area contributed by atoms with E-state index in [-0.39, 0.29) is 23.1 Å². The van der Waals surface area contributed by atoms with E-state index in [0.717, 1.165) is 16.0 Å². The summed E-state index contributed by atoms with van der Waals surface area (Å²) in [4.78, 5) is 25.7. The van der Waals surface area contributed by atoms with Crippen LogP contribution >= 0.6 is 11.3 Å². The molecule has 1 aliphatic heterocycles. The van der Waals surface area contributed by atoms with Crippen molar-refractivity contribution in [3.8, 4) is 28.4 Å². The average Bonchev–Trinajstić information content (AvgIpc) is 3.17. The van der Waals surface area contributed by atoms with Gasteiger partial charge >= 0.3 is 5.97 Å². The highest BCUT2D eigenvalue weighted by atomic mass is 32.1. The van der Waals surface area contributed by atoms with Crippen LogP contribution in [0.25, 0.3) is 11.1 Å². The van der Waals surface area contributed by atoms with Crippen molar-refractivity contribution in [1.29, 1.82) is 0 Å². The molecule has 0 saturated heterocycles. The molecular weight excluding hydrogens is 418 g/mol. The second kappa shape index (κ2) is 8.31. The predicted octanol–water partition coefficient (Wildman–Crippen LogP) is 4.61. The number of carboxylic acid groups (broad SMARTS) is 1. The van der Waals surface area contributed by atoms with Gasteiger partial charge < -0.3 is 24.6 Å². The monoisotopic (exact) mass is 439 g/mol. The number of carboxylic acids is 1. The van der Waals surface area contributed by atoms with Gasteiger partial charge in [-0.3, -0.25) is 4.79 Å². The summed E-state index contributed by atoms with van der Waals surface area (Å²) in [5.41, 5.74) is 2.52. The minimum Gasteiger partial charge on any atom is -0.496 e. The van der Waals surface area contributed by atoms with Gasteiger partial charge in [0.1, 0.15) is 10.6 Å². The van der Waals surface area contributed by atoms with E-state index >= 15 is 0 Å². The number of carbonyl (C=O) groups is 2. The van der Waals surface area contributed by atoms with Crippen LogP contribution in [-0.4, -0.2) is 38.3 Å². The maximum absolute atomic E-state index is 12.7. The lowest BCUT2D eigenvalue weighted by Crippen LogP contribution is -2.23. The topological polar surface area (TPSA) is 94.1 Å². The third kappa shape index (κ3) is 3.59. The highest BCUT2D eigenvalue weighted by Crippen LogP contribution is 2.52. The molecule has 7 nitrogen and oxygen atoms in total. The number of nitrogens with one attached hydrogen (secondary N) is 1. The zero-order valence-corrected chi connectivity index (χ0v) is 18.0. The van der Waals surface area contributed by atoms with Crippen molar-refractivity contribution < 1.29 is 28.9 Å². The summed E-state index contributed by atoms with van der Waals surface area (Å²) in [7, 11) is 4.61. The Hall–Kier alpha value is -3.52. The first-order chi connectivity index (χ1) is 15.0. The SMILES string of the molecule is COc1cc(OC)c([C@@H]2CC(=O)Nc3c2sc(C(=O)O)c3-c2ccccc2)cc1OC. The van der Waals surface area contributed by atoms with E-state index in [4.69, 9.17) is 14.2 Å². The molecule has 0 bridgehead atoms. The van der Waals surface area contributed by atoms with Gasteiger partial charge in [-0.2, -0.15) is 0 Å². The van der Waals surface area contributed by atoms with Gasteiger partial charge in [-0.15, -0.1) is 11.3 Å². The van der Waals surface area contributed by atoms with Crippen LogP contribution in [-0.2, 0) is 4.79 Å². The standard InChI is InChI=1S/C23H21NO6S/c1-28-15-11-17(30-3)16(29-2)9-13(15)14-10-18(25)24-20-19(12-7-5-4-6-8-12)22(23(26)27)31-21(14)20/h4-9,11,14H,10H2,1-3H3,(H,24,25)(H,26,27)/t14-/m0/s1. The van der Waals surface area contributed by atoms with Crippen LogP contribution < -0.4 is 19.5 Å². The molecule has 3 aromatic rings. The van der Waals surface area contributed by atoms with Gasteiger partial charge in [0.15, 0.2) is 11.5 Å². The number of thiophene rings is 1. The predicted molar refractivity (Wildman–Crippen MR) is 118 cm³/mol. The first kappa shape index (κ1) is 20.7. The zero-order chi connectivity index (χ0) is 22.1. The summed E-state index contributed by atoms with van der Waals surface area (Å²) in [6, 6.07) is 12.7. The fourth-order valence-corrected chi connectivity index (χ4v) is 5.13. The molecule has 1 aromatic heterocycles. The van der Waals surface area contributed by atoms with Crippen molar-refractivity contribution in [2.45, 2.75) is 12.3 Å². The Labute approximate surface area is 183 Å².